The molecule has 7 heteroatoms. The van der Waals surface area contributed by atoms with Crippen LogP contribution < -0.4 is 10.6 Å². The van der Waals surface area contributed by atoms with Crippen LogP contribution in [0.3, 0.4) is 0 Å². The quantitative estimate of drug-likeness (QED) is 0.660. The molecule has 1 aliphatic rings. The number of amides is 2. The molecule has 26 heavy (non-hydrogen) atoms. The third kappa shape index (κ3) is 4.92. The van der Waals surface area contributed by atoms with E-state index in [0.29, 0.717) is 31.8 Å². The molecule has 1 fully saturated rings. The lowest BCUT2D eigenvalue weighted by Crippen LogP contribution is -2.39. The number of aromatic nitrogens is 2. The molecule has 138 valence electrons. The average Bonchev–Trinajstić information content (AvgIpc) is 3.19. The Bertz CT molecular complexity index is 723. The smallest absolute Gasteiger partial charge is 0.269 e. The number of hydrogen-bond donors (Lipinski definition) is 3. The predicted octanol–water partition coefficient (Wildman–Crippen LogP) is 1.88. The van der Waals surface area contributed by atoms with Crippen molar-refractivity contribution in [2.75, 3.05) is 19.7 Å². The summed E-state index contributed by atoms with van der Waals surface area (Å²) in [6, 6.07) is 11.4. The summed E-state index contributed by atoms with van der Waals surface area (Å²) in [7, 11) is 0. The van der Waals surface area contributed by atoms with E-state index in [0.717, 1.165) is 30.5 Å². The normalized spacial score (nSPS) is 16.8. The van der Waals surface area contributed by atoms with Crippen LogP contribution in [0.25, 0.3) is 11.3 Å². The Hall–Kier alpha value is -2.67. The molecule has 0 saturated carbocycles. The SMILES string of the molecule is O=C(NCCCNC(=O)C1CCCCO1)c1cc(-c2ccccc2)n[nH]1. The Kier molecular flexibility index (Phi) is 6.38. The second-order valence-electron chi connectivity index (χ2n) is 6.29. The summed E-state index contributed by atoms with van der Waals surface area (Å²) in [5, 5.41) is 12.6. The van der Waals surface area contributed by atoms with Crippen LogP contribution >= 0.6 is 0 Å². The summed E-state index contributed by atoms with van der Waals surface area (Å²) >= 11 is 0. The first kappa shape index (κ1) is 18.1. The van der Waals surface area contributed by atoms with E-state index in [9.17, 15) is 9.59 Å². The van der Waals surface area contributed by atoms with Crippen molar-refractivity contribution in [2.45, 2.75) is 31.8 Å². The number of carbonyl (C=O) groups excluding carboxylic acids is 2. The van der Waals surface area contributed by atoms with Gasteiger partial charge in [-0.15, -0.1) is 0 Å². The molecule has 1 unspecified atom stereocenters. The van der Waals surface area contributed by atoms with Gasteiger partial charge in [-0.1, -0.05) is 30.3 Å². The Morgan fingerprint density at radius 3 is 2.73 bits per heavy atom. The molecule has 1 aromatic carbocycles. The van der Waals surface area contributed by atoms with E-state index in [1.807, 2.05) is 30.3 Å². The summed E-state index contributed by atoms with van der Waals surface area (Å²) in [6.45, 7) is 1.64. The Morgan fingerprint density at radius 2 is 1.96 bits per heavy atom. The molecule has 0 aliphatic carbocycles. The molecule has 2 heterocycles. The van der Waals surface area contributed by atoms with Gasteiger partial charge in [-0.2, -0.15) is 5.10 Å². The maximum atomic E-state index is 12.1. The molecule has 7 nitrogen and oxygen atoms in total. The van der Waals surface area contributed by atoms with Crippen molar-refractivity contribution < 1.29 is 14.3 Å². The zero-order valence-corrected chi connectivity index (χ0v) is 14.7. The van der Waals surface area contributed by atoms with Gasteiger partial charge in [-0.25, -0.2) is 0 Å². The van der Waals surface area contributed by atoms with Gasteiger partial charge in [0.05, 0.1) is 5.69 Å². The predicted molar refractivity (Wildman–Crippen MR) is 97.6 cm³/mol. The van der Waals surface area contributed by atoms with Gasteiger partial charge in [0.25, 0.3) is 5.91 Å². The summed E-state index contributed by atoms with van der Waals surface area (Å²) in [4.78, 5) is 24.1. The van der Waals surface area contributed by atoms with Gasteiger partial charge in [-0.05, 0) is 31.7 Å². The number of H-pyrrole nitrogens is 1. The molecule has 0 bridgehead atoms. The van der Waals surface area contributed by atoms with Crippen LogP contribution in [0.5, 0.6) is 0 Å². The Morgan fingerprint density at radius 1 is 1.15 bits per heavy atom. The molecule has 0 spiro atoms. The van der Waals surface area contributed by atoms with Crippen LogP contribution in [-0.2, 0) is 9.53 Å². The highest BCUT2D eigenvalue weighted by Crippen LogP contribution is 2.16. The van der Waals surface area contributed by atoms with Crippen molar-refractivity contribution >= 4 is 11.8 Å². The molecule has 1 aliphatic heterocycles. The number of nitrogens with zero attached hydrogens (tertiary/aromatic N) is 1. The van der Waals surface area contributed by atoms with Gasteiger partial charge < -0.3 is 15.4 Å². The molecule has 3 rings (SSSR count). The highest BCUT2D eigenvalue weighted by Gasteiger charge is 2.21. The lowest BCUT2D eigenvalue weighted by atomic mass is 10.1. The molecule has 1 saturated heterocycles. The van der Waals surface area contributed by atoms with Crippen LogP contribution in [0.15, 0.2) is 36.4 Å². The fourth-order valence-corrected chi connectivity index (χ4v) is 2.85. The van der Waals surface area contributed by atoms with Crippen LogP contribution in [0.4, 0.5) is 0 Å². The van der Waals surface area contributed by atoms with E-state index in [2.05, 4.69) is 20.8 Å². The fourth-order valence-electron chi connectivity index (χ4n) is 2.85. The number of nitrogens with one attached hydrogen (secondary N) is 3. The third-order valence-electron chi connectivity index (χ3n) is 4.30. The van der Waals surface area contributed by atoms with Gasteiger partial charge in [0.1, 0.15) is 11.8 Å². The zero-order valence-electron chi connectivity index (χ0n) is 14.7. The van der Waals surface area contributed by atoms with Crippen LogP contribution in [-0.4, -0.2) is 47.8 Å². The first-order chi connectivity index (χ1) is 12.7. The van der Waals surface area contributed by atoms with E-state index in [1.165, 1.54) is 0 Å². The minimum absolute atomic E-state index is 0.0582. The Balaban J connectivity index is 1.37. The number of carbonyl (C=O) groups is 2. The highest BCUT2D eigenvalue weighted by molar-refractivity contribution is 5.93. The summed E-state index contributed by atoms with van der Waals surface area (Å²) in [5.74, 6) is -0.265. The van der Waals surface area contributed by atoms with E-state index in [1.54, 1.807) is 6.07 Å². The van der Waals surface area contributed by atoms with Crippen molar-refractivity contribution in [3.8, 4) is 11.3 Å². The van der Waals surface area contributed by atoms with Gasteiger partial charge in [0, 0.05) is 25.3 Å². The average molecular weight is 356 g/mol. The highest BCUT2D eigenvalue weighted by atomic mass is 16.5. The van der Waals surface area contributed by atoms with Crippen LogP contribution in [0, 0.1) is 0 Å². The largest absolute Gasteiger partial charge is 0.368 e. The first-order valence-corrected chi connectivity index (χ1v) is 9.02. The van der Waals surface area contributed by atoms with Crippen molar-refractivity contribution in [3.63, 3.8) is 0 Å². The maximum Gasteiger partial charge on any atom is 0.269 e. The number of ether oxygens (including phenoxy) is 1. The molecule has 2 aromatic rings. The van der Waals surface area contributed by atoms with Crippen molar-refractivity contribution in [3.05, 3.63) is 42.1 Å². The lowest BCUT2D eigenvalue weighted by molar-refractivity contribution is -0.135. The lowest BCUT2D eigenvalue weighted by Gasteiger charge is -2.21. The summed E-state index contributed by atoms with van der Waals surface area (Å²) < 4.78 is 5.44. The molecule has 1 atom stereocenters. The molecule has 3 N–H and O–H groups in total. The molecule has 2 amide bonds. The topological polar surface area (TPSA) is 96.1 Å². The molecular weight excluding hydrogens is 332 g/mol. The minimum Gasteiger partial charge on any atom is -0.368 e. The number of benzene rings is 1. The second kappa shape index (κ2) is 9.15. The molecule has 1 aromatic heterocycles. The van der Waals surface area contributed by atoms with Crippen molar-refractivity contribution in [1.29, 1.82) is 0 Å². The third-order valence-corrected chi connectivity index (χ3v) is 4.30. The standard InChI is InChI=1S/C19H24N4O3/c24-18(16-13-15(22-23-16)14-7-2-1-3-8-14)20-10-6-11-21-19(25)17-9-4-5-12-26-17/h1-3,7-8,13,17H,4-6,9-12H2,(H,20,24)(H,21,25)(H,22,23). The monoisotopic (exact) mass is 356 g/mol. The number of hydrogen-bond acceptors (Lipinski definition) is 4. The van der Waals surface area contributed by atoms with E-state index in [-0.39, 0.29) is 17.9 Å². The van der Waals surface area contributed by atoms with Gasteiger partial charge in [-0.3, -0.25) is 14.7 Å². The van der Waals surface area contributed by atoms with Gasteiger partial charge >= 0.3 is 0 Å². The van der Waals surface area contributed by atoms with Crippen LogP contribution in [0.2, 0.25) is 0 Å². The van der Waals surface area contributed by atoms with Crippen LogP contribution in [0.1, 0.15) is 36.2 Å². The van der Waals surface area contributed by atoms with Crippen molar-refractivity contribution in [2.24, 2.45) is 0 Å². The Labute approximate surface area is 152 Å². The van der Waals surface area contributed by atoms with Gasteiger partial charge in [0.2, 0.25) is 5.91 Å². The number of rotatable bonds is 7. The first-order valence-electron chi connectivity index (χ1n) is 9.02. The second-order valence-corrected chi connectivity index (χ2v) is 6.29. The van der Waals surface area contributed by atoms with E-state index >= 15 is 0 Å². The summed E-state index contributed by atoms with van der Waals surface area (Å²) in [6.07, 6.45) is 3.18. The van der Waals surface area contributed by atoms with Crippen molar-refractivity contribution in [1.82, 2.24) is 20.8 Å². The summed E-state index contributed by atoms with van der Waals surface area (Å²) in [5.41, 5.74) is 2.11. The fraction of sp³-hybridized carbons (Fsp3) is 0.421. The zero-order chi connectivity index (χ0) is 18.2. The molecular formula is C19H24N4O3. The van der Waals surface area contributed by atoms with Gasteiger partial charge in [0.15, 0.2) is 0 Å². The van der Waals surface area contributed by atoms with E-state index < -0.39 is 0 Å². The van der Waals surface area contributed by atoms with E-state index in [4.69, 9.17) is 4.74 Å². The minimum atomic E-state index is -0.320. The molecule has 0 radical (unpaired) electrons. The number of aromatic amines is 1. The maximum absolute atomic E-state index is 12.1.